The van der Waals surface area contributed by atoms with Gasteiger partial charge in [0.15, 0.2) is 0 Å². The first-order valence-corrected chi connectivity index (χ1v) is 14.4. The van der Waals surface area contributed by atoms with Gasteiger partial charge in [-0.05, 0) is 95.3 Å². The summed E-state index contributed by atoms with van der Waals surface area (Å²) in [6, 6.07) is 4.85. The number of hydrogen-bond acceptors (Lipinski definition) is 5. The molecule has 1 heterocycles. The monoisotopic (exact) mass is 501 g/mol. The zero-order chi connectivity index (χ0) is 24.7. The molecule has 0 saturated carbocycles. The molecule has 1 N–H and O–H groups in total. The highest BCUT2D eigenvalue weighted by atomic mass is 32.2. The lowest BCUT2D eigenvalue weighted by atomic mass is 9.73. The first-order valence-electron chi connectivity index (χ1n) is 13.0. The molecule has 2 unspecified atom stereocenters. The van der Waals surface area contributed by atoms with Gasteiger partial charge in [0.1, 0.15) is 11.5 Å². The van der Waals surface area contributed by atoms with E-state index in [4.69, 9.17) is 17.0 Å². The Morgan fingerprint density at radius 1 is 1.26 bits per heavy atom. The fraction of sp³-hybridized carbons (Fsp3) is 0.621. The van der Waals surface area contributed by atoms with Crippen molar-refractivity contribution in [3.8, 4) is 11.5 Å². The minimum Gasteiger partial charge on any atom is -0.507 e. The van der Waals surface area contributed by atoms with E-state index >= 15 is 0 Å². The molecule has 0 amide bonds. The van der Waals surface area contributed by atoms with Crippen LogP contribution in [0.1, 0.15) is 89.2 Å². The lowest BCUT2D eigenvalue weighted by Crippen LogP contribution is -2.18. The van der Waals surface area contributed by atoms with E-state index in [1.165, 1.54) is 37.8 Å². The van der Waals surface area contributed by atoms with Crippen molar-refractivity contribution in [3.05, 3.63) is 47.1 Å². The van der Waals surface area contributed by atoms with E-state index in [0.717, 1.165) is 66.3 Å². The van der Waals surface area contributed by atoms with Gasteiger partial charge in [-0.25, -0.2) is 0 Å². The number of ether oxygens (including phenoxy) is 1. The summed E-state index contributed by atoms with van der Waals surface area (Å²) in [6.45, 7) is 12.0. The van der Waals surface area contributed by atoms with Crippen molar-refractivity contribution in [3.63, 3.8) is 0 Å². The van der Waals surface area contributed by atoms with Crippen LogP contribution in [0.4, 0.5) is 0 Å². The number of aromatic hydroxyl groups is 1. The first kappa shape index (κ1) is 27.3. The van der Waals surface area contributed by atoms with E-state index in [1.807, 2.05) is 6.07 Å². The summed E-state index contributed by atoms with van der Waals surface area (Å²) in [7, 11) is 2.19. The van der Waals surface area contributed by atoms with Gasteiger partial charge in [0.25, 0.3) is 0 Å². The van der Waals surface area contributed by atoms with E-state index in [0.29, 0.717) is 16.1 Å². The van der Waals surface area contributed by atoms with Gasteiger partial charge in [-0.1, -0.05) is 61.7 Å². The van der Waals surface area contributed by atoms with Gasteiger partial charge in [-0.15, -0.1) is 0 Å². The third-order valence-electron chi connectivity index (χ3n) is 7.30. The predicted molar refractivity (Wildman–Crippen MR) is 151 cm³/mol. The number of hydrogen-bond donors (Lipinski definition) is 1. The van der Waals surface area contributed by atoms with Crippen LogP contribution in [0.5, 0.6) is 11.5 Å². The highest BCUT2D eigenvalue weighted by Gasteiger charge is 2.31. The average molecular weight is 502 g/mol. The molecule has 3 rings (SSSR count). The molecule has 1 fully saturated rings. The molecule has 1 aromatic carbocycles. The molecule has 0 aromatic heterocycles. The molecule has 2 aliphatic rings. The molecular weight excluding hydrogens is 458 g/mol. The van der Waals surface area contributed by atoms with E-state index in [-0.39, 0.29) is 5.92 Å². The van der Waals surface area contributed by atoms with Crippen molar-refractivity contribution in [1.82, 2.24) is 4.90 Å². The van der Waals surface area contributed by atoms with Crippen molar-refractivity contribution < 1.29 is 9.84 Å². The molecule has 5 heteroatoms. The molecule has 0 spiro atoms. The second-order valence-electron chi connectivity index (χ2n) is 10.3. The van der Waals surface area contributed by atoms with Crippen molar-refractivity contribution in [2.75, 3.05) is 19.3 Å². The number of allylic oxidation sites excluding steroid dienone is 3. The number of likely N-dealkylation sites (N-methyl/N-ethyl adjacent to an activating group) is 1. The predicted octanol–water partition coefficient (Wildman–Crippen LogP) is 8.02. The van der Waals surface area contributed by atoms with Crippen LogP contribution >= 0.6 is 24.0 Å². The smallest absolute Gasteiger partial charge is 0.225 e. The van der Waals surface area contributed by atoms with Gasteiger partial charge >= 0.3 is 0 Å². The van der Waals surface area contributed by atoms with Gasteiger partial charge in [0.2, 0.25) is 4.38 Å². The number of thioether (sulfide) groups is 1. The maximum absolute atomic E-state index is 11.2. The number of phenols is 1. The number of unbranched alkanes of at least 4 members (excludes halogenated alkanes) is 3. The minimum atomic E-state index is 0.0641. The lowest BCUT2D eigenvalue weighted by molar-refractivity contribution is 0.424. The van der Waals surface area contributed by atoms with Crippen LogP contribution in [-0.4, -0.2) is 39.8 Å². The van der Waals surface area contributed by atoms with Crippen LogP contribution in [0.25, 0.3) is 0 Å². The number of rotatable bonds is 12. The summed E-state index contributed by atoms with van der Waals surface area (Å²) in [5.41, 5.74) is 4.50. The third-order valence-corrected chi connectivity index (χ3v) is 8.54. The van der Waals surface area contributed by atoms with Crippen LogP contribution in [0.3, 0.4) is 0 Å². The molecule has 4 atom stereocenters. The molecule has 188 valence electrons. The summed E-state index contributed by atoms with van der Waals surface area (Å²) in [5, 5.41) is 11.2. The van der Waals surface area contributed by atoms with Crippen molar-refractivity contribution in [2.24, 2.45) is 5.92 Å². The molecule has 3 nitrogen and oxygen atoms in total. The standard InChI is InChI=1S/C29H43NO2S2/c1-6-7-8-11-22-17-26(31)28(25-16-21(4)13-14-24(25)20(2)3)27(18-22)32-29(33)34-15-10-9-12-23-19-30(23)5/h16-18,23-25,31H,2,6-15,19H2,1,3-5H3/t23?,24-,25+,30?/m0/s1. The third kappa shape index (κ3) is 7.86. The zero-order valence-electron chi connectivity index (χ0n) is 21.6. The molecular formula is C29H43NO2S2. The number of benzene rings is 1. The van der Waals surface area contributed by atoms with Gasteiger partial charge in [-0.3, -0.25) is 0 Å². The first-order chi connectivity index (χ1) is 16.3. The zero-order valence-corrected chi connectivity index (χ0v) is 23.2. The highest BCUT2D eigenvalue weighted by molar-refractivity contribution is 8.22. The lowest BCUT2D eigenvalue weighted by Gasteiger charge is -2.32. The normalized spacial score (nSPS) is 23.9. The van der Waals surface area contributed by atoms with Crippen molar-refractivity contribution in [2.45, 2.75) is 90.5 Å². The van der Waals surface area contributed by atoms with Crippen LogP contribution in [0.2, 0.25) is 0 Å². The van der Waals surface area contributed by atoms with E-state index < -0.39 is 0 Å². The maximum atomic E-state index is 11.2. The Balaban J connectivity index is 1.75. The quantitative estimate of drug-likeness (QED) is 0.136. The fourth-order valence-electron chi connectivity index (χ4n) is 5.07. The van der Waals surface area contributed by atoms with Crippen LogP contribution < -0.4 is 4.74 Å². The maximum Gasteiger partial charge on any atom is 0.225 e. The molecule has 0 radical (unpaired) electrons. The second kappa shape index (κ2) is 13.1. The molecule has 1 aliphatic heterocycles. The van der Waals surface area contributed by atoms with Gasteiger partial charge in [0, 0.05) is 29.8 Å². The molecule has 1 saturated heterocycles. The van der Waals surface area contributed by atoms with Crippen molar-refractivity contribution >= 4 is 28.4 Å². The summed E-state index contributed by atoms with van der Waals surface area (Å²) >= 11 is 7.27. The molecule has 1 aliphatic carbocycles. The van der Waals surface area contributed by atoms with Crippen LogP contribution in [0, 0.1) is 5.92 Å². The minimum absolute atomic E-state index is 0.0641. The largest absolute Gasteiger partial charge is 0.507 e. The number of thiocarbonyl (C=S) groups is 1. The fourth-order valence-corrected chi connectivity index (χ4v) is 6.07. The van der Waals surface area contributed by atoms with Gasteiger partial charge in [0.05, 0.1) is 0 Å². The van der Waals surface area contributed by atoms with E-state index in [9.17, 15) is 5.11 Å². The molecule has 1 aromatic rings. The van der Waals surface area contributed by atoms with Crippen LogP contribution in [0.15, 0.2) is 35.9 Å². The van der Waals surface area contributed by atoms with Gasteiger partial charge in [-0.2, -0.15) is 0 Å². The van der Waals surface area contributed by atoms with E-state index in [2.05, 4.69) is 51.4 Å². The Labute approximate surface area is 217 Å². The number of phenolic OH excluding ortho intramolecular Hbond substituents is 1. The van der Waals surface area contributed by atoms with Crippen LogP contribution in [-0.2, 0) is 6.42 Å². The summed E-state index contributed by atoms with van der Waals surface area (Å²) < 4.78 is 6.87. The SMILES string of the molecule is C=C(C)[C@@H]1CCC(C)=C[C@H]1c1c(O)cc(CCCCC)cc1OC(=S)SCCCCC1CN1C. The number of aryl methyl sites for hydroxylation is 1. The Kier molecular flexibility index (Phi) is 10.5. The van der Waals surface area contributed by atoms with E-state index in [1.54, 1.807) is 11.8 Å². The second-order valence-corrected chi connectivity index (χ2v) is 12.0. The molecule has 0 bridgehead atoms. The molecule has 34 heavy (non-hydrogen) atoms. The Morgan fingerprint density at radius 3 is 2.71 bits per heavy atom. The van der Waals surface area contributed by atoms with Gasteiger partial charge < -0.3 is 14.7 Å². The average Bonchev–Trinajstić information content (AvgIpc) is 3.48. The summed E-state index contributed by atoms with van der Waals surface area (Å²) in [4.78, 5) is 2.39. The number of nitrogens with zero attached hydrogens (tertiary/aromatic N) is 1. The topological polar surface area (TPSA) is 32.5 Å². The Hall–Kier alpha value is -1.30. The summed E-state index contributed by atoms with van der Waals surface area (Å²) in [6.07, 6.45) is 12.5. The highest BCUT2D eigenvalue weighted by Crippen LogP contribution is 2.47. The summed E-state index contributed by atoms with van der Waals surface area (Å²) in [5.74, 6) is 2.39. The Bertz CT molecular complexity index is 894. The Morgan fingerprint density at radius 2 is 2.03 bits per heavy atom. The van der Waals surface area contributed by atoms with Crippen molar-refractivity contribution in [1.29, 1.82) is 0 Å².